The first-order valence-corrected chi connectivity index (χ1v) is 9.88. The Morgan fingerprint density at radius 1 is 1.21 bits per heavy atom. The zero-order valence-electron chi connectivity index (χ0n) is 15.4. The summed E-state index contributed by atoms with van der Waals surface area (Å²) in [7, 11) is 0. The first-order chi connectivity index (χ1) is 13.6. The van der Waals surface area contributed by atoms with Crippen LogP contribution in [0.15, 0.2) is 47.1 Å². The summed E-state index contributed by atoms with van der Waals surface area (Å²) in [5.74, 6) is 0.256. The van der Waals surface area contributed by atoms with E-state index in [0.717, 1.165) is 23.4 Å². The van der Waals surface area contributed by atoms with Crippen LogP contribution >= 0.6 is 15.9 Å². The summed E-state index contributed by atoms with van der Waals surface area (Å²) >= 11 is 3.38. The minimum absolute atomic E-state index is 0.156. The Balaban J connectivity index is 1.61. The molecule has 6 nitrogen and oxygen atoms in total. The third-order valence-electron chi connectivity index (χ3n) is 4.66. The molecule has 0 radical (unpaired) electrons. The Hall–Kier alpha value is -2.50. The van der Waals surface area contributed by atoms with Gasteiger partial charge >= 0.3 is 0 Å². The summed E-state index contributed by atoms with van der Waals surface area (Å²) in [6.07, 6.45) is 1.93. The van der Waals surface area contributed by atoms with E-state index in [-0.39, 0.29) is 31.1 Å². The average molecular weight is 446 g/mol. The smallest absolute Gasteiger partial charge is 0.241 e. The van der Waals surface area contributed by atoms with Gasteiger partial charge in [0.15, 0.2) is 0 Å². The van der Waals surface area contributed by atoms with Crippen LogP contribution in [0.2, 0.25) is 0 Å². The molecule has 28 heavy (non-hydrogen) atoms. The topological polar surface area (TPSA) is 63.5 Å². The summed E-state index contributed by atoms with van der Waals surface area (Å²) in [6, 6.07) is 12.1. The second kappa shape index (κ2) is 9.62. The van der Waals surface area contributed by atoms with E-state index in [2.05, 4.69) is 30.7 Å². The van der Waals surface area contributed by atoms with Crippen molar-refractivity contribution < 1.29 is 9.18 Å². The van der Waals surface area contributed by atoms with Gasteiger partial charge in [0.2, 0.25) is 5.91 Å². The molecule has 0 spiro atoms. The number of hydrogen-bond acceptors (Lipinski definition) is 5. The van der Waals surface area contributed by atoms with Crippen LogP contribution in [-0.2, 0) is 4.79 Å². The van der Waals surface area contributed by atoms with E-state index in [1.165, 1.54) is 11.0 Å². The number of halogens is 2. The zero-order valence-corrected chi connectivity index (χ0v) is 17.0. The number of carbonyl (C=O) groups excluding carboxylic acids is 1. The summed E-state index contributed by atoms with van der Waals surface area (Å²) < 4.78 is 15.1. The molecule has 1 fully saturated rings. The number of para-hydroxylation sites is 1. The molecule has 1 aromatic carbocycles. The number of rotatable bonds is 6. The molecule has 0 saturated carbocycles. The molecular weight excluding hydrogens is 425 g/mol. The van der Waals surface area contributed by atoms with Gasteiger partial charge in [0.1, 0.15) is 11.6 Å². The van der Waals surface area contributed by atoms with E-state index in [9.17, 15) is 9.18 Å². The second-order valence-corrected chi connectivity index (χ2v) is 7.42. The monoisotopic (exact) mass is 445 g/mol. The van der Waals surface area contributed by atoms with Crippen LogP contribution in [0.1, 0.15) is 6.42 Å². The summed E-state index contributed by atoms with van der Waals surface area (Å²) in [5.41, 5.74) is 0.223. The van der Waals surface area contributed by atoms with Gasteiger partial charge < -0.3 is 9.80 Å². The van der Waals surface area contributed by atoms with Crippen molar-refractivity contribution in [1.29, 1.82) is 5.26 Å². The molecule has 0 unspecified atom stereocenters. The number of nitrogens with zero attached hydrogens (tertiary/aromatic N) is 5. The van der Waals surface area contributed by atoms with Gasteiger partial charge in [-0.3, -0.25) is 9.69 Å². The molecule has 1 saturated heterocycles. The summed E-state index contributed by atoms with van der Waals surface area (Å²) in [6.45, 7) is 3.33. The molecule has 2 heterocycles. The quantitative estimate of drug-likeness (QED) is 0.683. The van der Waals surface area contributed by atoms with Gasteiger partial charge in [-0.05, 0) is 40.2 Å². The highest BCUT2D eigenvalue weighted by Crippen LogP contribution is 2.20. The lowest BCUT2D eigenvalue weighted by Gasteiger charge is -2.36. The van der Waals surface area contributed by atoms with Crippen molar-refractivity contribution in [2.45, 2.75) is 6.42 Å². The molecule has 1 aliphatic heterocycles. The fourth-order valence-corrected chi connectivity index (χ4v) is 3.41. The Morgan fingerprint density at radius 3 is 2.61 bits per heavy atom. The van der Waals surface area contributed by atoms with Crippen molar-refractivity contribution in [3.05, 3.63) is 52.9 Å². The van der Waals surface area contributed by atoms with Gasteiger partial charge in [0.25, 0.3) is 0 Å². The lowest BCUT2D eigenvalue weighted by molar-refractivity contribution is -0.119. The van der Waals surface area contributed by atoms with E-state index in [1.807, 2.05) is 18.2 Å². The SMILES string of the molecule is N#CCCN(C(=O)CN1CCN(c2ccc(Br)cn2)CC1)c1ccccc1F. The Kier molecular flexibility index (Phi) is 6.95. The predicted octanol–water partition coefficient (Wildman–Crippen LogP) is 3.05. The van der Waals surface area contributed by atoms with Crippen LogP contribution < -0.4 is 9.80 Å². The molecule has 146 valence electrons. The van der Waals surface area contributed by atoms with E-state index < -0.39 is 5.82 Å². The fourth-order valence-electron chi connectivity index (χ4n) is 3.18. The number of carbonyl (C=O) groups is 1. The van der Waals surface area contributed by atoms with Gasteiger partial charge in [-0.15, -0.1) is 0 Å². The van der Waals surface area contributed by atoms with Crippen molar-refractivity contribution in [3.8, 4) is 6.07 Å². The maximum absolute atomic E-state index is 14.2. The molecule has 1 amide bonds. The van der Waals surface area contributed by atoms with Crippen molar-refractivity contribution in [1.82, 2.24) is 9.88 Å². The zero-order chi connectivity index (χ0) is 19.9. The highest BCUT2D eigenvalue weighted by molar-refractivity contribution is 9.10. The number of pyridine rings is 1. The summed E-state index contributed by atoms with van der Waals surface area (Å²) in [4.78, 5) is 22.9. The number of anilines is 2. The maximum atomic E-state index is 14.2. The minimum Gasteiger partial charge on any atom is -0.354 e. The number of piperazine rings is 1. The Morgan fingerprint density at radius 2 is 1.96 bits per heavy atom. The van der Waals surface area contributed by atoms with Crippen molar-refractivity contribution >= 4 is 33.3 Å². The predicted molar refractivity (Wildman–Crippen MR) is 110 cm³/mol. The van der Waals surface area contributed by atoms with E-state index in [0.29, 0.717) is 13.1 Å². The van der Waals surface area contributed by atoms with Crippen molar-refractivity contribution in [3.63, 3.8) is 0 Å². The highest BCUT2D eigenvalue weighted by atomic mass is 79.9. The van der Waals surface area contributed by atoms with Gasteiger partial charge in [-0.1, -0.05) is 12.1 Å². The maximum Gasteiger partial charge on any atom is 0.241 e. The normalized spacial score (nSPS) is 14.5. The third kappa shape index (κ3) is 5.06. The number of nitriles is 1. The van der Waals surface area contributed by atoms with Gasteiger partial charge in [-0.25, -0.2) is 9.37 Å². The fraction of sp³-hybridized carbons (Fsp3) is 0.350. The first-order valence-electron chi connectivity index (χ1n) is 9.09. The van der Waals surface area contributed by atoms with Gasteiger partial charge in [0, 0.05) is 43.4 Å². The number of aromatic nitrogens is 1. The molecule has 1 aliphatic rings. The largest absolute Gasteiger partial charge is 0.354 e. The number of benzene rings is 1. The van der Waals surface area contributed by atoms with Gasteiger partial charge in [-0.2, -0.15) is 5.26 Å². The molecule has 0 aliphatic carbocycles. The summed E-state index contributed by atoms with van der Waals surface area (Å²) in [5, 5.41) is 8.88. The van der Waals surface area contributed by atoms with E-state index in [4.69, 9.17) is 5.26 Å². The lowest BCUT2D eigenvalue weighted by atomic mass is 10.2. The molecule has 3 rings (SSSR count). The molecule has 8 heteroatoms. The van der Waals surface area contributed by atoms with Crippen LogP contribution in [0.3, 0.4) is 0 Å². The Labute approximate surface area is 172 Å². The molecule has 0 N–H and O–H groups in total. The molecule has 1 aromatic heterocycles. The van der Waals surface area contributed by atoms with Crippen molar-refractivity contribution in [2.24, 2.45) is 0 Å². The molecule has 2 aromatic rings. The van der Waals surface area contributed by atoms with Crippen LogP contribution in [0.4, 0.5) is 15.9 Å². The molecule has 0 bridgehead atoms. The van der Waals surface area contributed by atoms with E-state index in [1.54, 1.807) is 24.4 Å². The van der Waals surface area contributed by atoms with E-state index >= 15 is 0 Å². The standard InChI is InChI=1S/C20H21BrFN5O/c21-16-6-7-19(24-14-16)26-12-10-25(11-13-26)15-20(28)27(9-3-8-23)18-5-2-1-4-17(18)22/h1-2,4-7,14H,3,9-13,15H2. The lowest BCUT2D eigenvalue weighted by Crippen LogP contribution is -2.50. The number of amides is 1. The molecule has 0 atom stereocenters. The van der Waals surface area contributed by atoms with Gasteiger partial charge in [0.05, 0.1) is 24.7 Å². The second-order valence-electron chi connectivity index (χ2n) is 6.50. The van der Waals surface area contributed by atoms with Crippen LogP contribution in [-0.4, -0.2) is 55.1 Å². The van der Waals surface area contributed by atoms with Crippen LogP contribution in [0, 0.1) is 17.1 Å². The van der Waals surface area contributed by atoms with Crippen molar-refractivity contribution in [2.75, 3.05) is 49.1 Å². The van der Waals surface area contributed by atoms with Crippen LogP contribution in [0.5, 0.6) is 0 Å². The average Bonchev–Trinajstić information content (AvgIpc) is 2.71. The first kappa shape index (κ1) is 20.2. The third-order valence-corrected chi connectivity index (χ3v) is 5.13. The Bertz CT molecular complexity index is 846. The highest BCUT2D eigenvalue weighted by Gasteiger charge is 2.24. The van der Waals surface area contributed by atoms with Crippen LogP contribution in [0.25, 0.3) is 0 Å². The minimum atomic E-state index is -0.458. The molecular formula is C20H21BrFN5O. The number of hydrogen-bond donors (Lipinski definition) is 0.